The quantitative estimate of drug-likeness (QED) is 0.470. The molecule has 0 saturated carbocycles. The van der Waals surface area contributed by atoms with Gasteiger partial charge in [0.05, 0.1) is 23.9 Å². The number of benzene rings is 2. The standard InChI is InChI=1S/C22H22N6O4/c1-13-18(14(2)32-25-13)12-31-20-8-6-5-7-17(20)22(29)23-16-9-10-21(30-4)19(11-16)28-15(3)24-26-27-28/h5-11H,12H2,1-4H3,(H,23,29). The van der Waals surface area contributed by atoms with E-state index >= 15 is 0 Å². The molecule has 0 unspecified atom stereocenters. The molecule has 1 amide bonds. The van der Waals surface area contributed by atoms with Gasteiger partial charge in [-0.15, -0.1) is 5.10 Å². The number of ether oxygens (including phenoxy) is 2. The van der Waals surface area contributed by atoms with Crippen LogP contribution in [0.5, 0.6) is 11.5 Å². The summed E-state index contributed by atoms with van der Waals surface area (Å²) in [5, 5.41) is 18.4. The van der Waals surface area contributed by atoms with Gasteiger partial charge < -0.3 is 19.3 Å². The van der Waals surface area contributed by atoms with Crippen molar-refractivity contribution in [2.45, 2.75) is 27.4 Å². The molecule has 0 atom stereocenters. The van der Waals surface area contributed by atoms with E-state index in [1.54, 1.807) is 50.4 Å². The molecule has 1 N–H and O–H groups in total. The van der Waals surface area contributed by atoms with Crippen molar-refractivity contribution in [3.05, 3.63) is 70.9 Å². The zero-order valence-electron chi connectivity index (χ0n) is 18.1. The topological polar surface area (TPSA) is 117 Å². The van der Waals surface area contributed by atoms with Crippen LogP contribution >= 0.6 is 0 Å². The molecule has 0 radical (unpaired) electrons. The molecule has 2 heterocycles. The van der Waals surface area contributed by atoms with Gasteiger partial charge in [-0.1, -0.05) is 17.3 Å². The number of carbonyl (C=O) groups excluding carboxylic acids is 1. The van der Waals surface area contributed by atoms with Crippen LogP contribution in [0.4, 0.5) is 5.69 Å². The van der Waals surface area contributed by atoms with Gasteiger partial charge in [-0.2, -0.15) is 4.68 Å². The van der Waals surface area contributed by atoms with Gasteiger partial charge in [0.2, 0.25) is 0 Å². The molecule has 0 spiro atoms. The maximum atomic E-state index is 13.0. The number of nitrogens with zero attached hydrogens (tertiary/aromatic N) is 5. The van der Waals surface area contributed by atoms with E-state index in [0.717, 1.165) is 11.3 Å². The Morgan fingerprint density at radius 1 is 1.12 bits per heavy atom. The van der Waals surface area contributed by atoms with Gasteiger partial charge in [-0.25, -0.2) is 0 Å². The Balaban J connectivity index is 1.57. The molecule has 10 heteroatoms. The lowest BCUT2D eigenvalue weighted by atomic mass is 10.1. The lowest BCUT2D eigenvalue weighted by molar-refractivity contribution is 0.102. The van der Waals surface area contributed by atoms with Gasteiger partial charge in [0, 0.05) is 5.69 Å². The van der Waals surface area contributed by atoms with E-state index in [4.69, 9.17) is 14.0 Å². The number of aryl methyl sites for hydroxylation is 3. The minimum Gasteiger partial charge on any atom is -0.494 e. The minimum atomic E-state index is -0.316. The zero-order valence-corrected chi connectivity index (χ0v) is 18.1. The predicted octanol–water partition coefficient (Wildman–Crippen LogP) is 3.42. The highest BCUT2D eigenvalue weighted by Crippen LogP contribution is 2.28. The Kier molecular flexibility index (Phi) is 5.84. The van der Waals surface area contributed by atoms with Crippen molar-refractivity contribution < 1.29 is 18.8 Å². The van der Waals surface area contributed by atoms with Crippen LogP contribution in [-0.2, 0) is 6.61 Å². The largest absolute Gasteiger partial charge is 0.494 e. The SMILES string of the molecule is COc1ccc(NC(=O)c2ccccc2OCc2c(C)noc2C)cc1-n1nnnc1C. The number of hydrogen-bond acceptors (Lipinski definition) is 8. The fraction of sp³-hybridized carbons (Fsp3) is 0.227. The van der Waals surface area contributed by atoms with Crippen LogP contribution in [0.3, 0.4) is 0 Å². The van der Waals surface area contributed by atoms with Crippen molar-refractivity contribution in [2.75, 3.05) is 12.4 Å². The number of hydrogen-bond donors (Lipinski definition) is 1. The van der Waals surface area contributed by atoms with Gasteiger partial charge in [-0.3, -0.25) is 4.79 Å². The van der Waals surface area contributed by atoms with E-state index < -0.39 is 0 Å². The monoisotopic (exact) mass is 434 g/mol. The molecule has 164 valence electrons. The van der Waals surface area contributed by atoms with E-state index in [0.29, 0.717) is 40.0 Å². The summed E-state index contributed by atoms with van der Waals surface area (Å²) in [6.45, 7) is 5.69. The molecule has 4 aromatic rings. The Labute approximate surface area is 184 Å². The summed E-state index contributed by atoms with van der Waals surface area (Å²) in [5.41, 5.74) is 3.18. The van der Waals surface area contributed by atoms with Gasteiger partial charge in [0.15, 0.2) is 5.82 Å². The molecule has 0 aliphatic rings. The summed E-state index contributed by atoms with van der Waals surface area (Å²) < 4.78 is 18.0. The molecular weight excluding hydrogens is 412 g/mol. The third kappa shape index (κ3) is 4.15. The Morgan fingerprint density at radius 3 is 2.62 bits per heavy atom. The molecule has 0 fully saturated rings. The normalized spacial score (nSPS) is 10.8. The summed E-state index contributed by atoms with van der Waals surface area (Å²) in [6, 6.07) is 12.3. The van der Waals surface area contributed by atoms with Gasteiger partial charge >= 0.3 is 0 Å². The molecule has 0 bridgehead atoms. The first-order chi connectivity index (χ1) is 15.5. The molecule has 2 aromatic heterocycles. The van der Waals surface area contributed by atoms with E-state index in [9.17, 15) is 4.79 Å². The number of rotatable bonds is 7. The average molecular weight is 434 g/mol. The number of aromatic nitrogens is 5. The average Bonchev–Trinajstić information content (AvgIpc) is 3.37. The summed E-state index contributed by atoms with van der Waals surface area (Å²) in [6.07, 6.45) is 0. The fourth-order valence-corrected chi connectivity index (χ4v) is 3.22. The third-order valence-electron chi connectivity index (χ3n) is 4.98. The van der Waals surface area contributed by atoms with Crippen LogP contribution in [0.1, 0.15) is 33.2 Å². The van der Waals surface area contributed by atoms with Crippen molar-refractivity contribution in [2.24, 2.45) is 0 Å². The summed E-state index contributed by atoms with van der Waals surface area (Å²) in [5.74, 6) is 1.98. The molecule has 10 nitrogen and oxygen atoms in total. The smallest absolute Gasteiger partial charge is 0.259 e. The lowest BCUT2D eigenvalue weighted by Crippen LogP contribution is -2.14. The first kappa shape index (κ1) is 21.0. The van der Waals surface area contributed by atoms with Crippen molar-refractivity contribution in [3.63, 3.8) is 0 Å². The number of tetrazole rings is 1. The molecule has 0 saturated heterocycles. The fourth-order valence-electron chi connectivity index (χ4n) is 3.22. The summed E-state index contributed by atoms with van der Waals surface area (Å²) >= 11 is 0. The predicted molar refractivity (Wildman–Crippen MR) is 115 cm³/mol. The zero-order chi connectivity index (χ0) is 22.7. The number of para-hydroxylation sites is 1. The summed E-state index contributed by atoms with van der Waals surface area (Å²) in [4.78, 5) is 13.0. The van der Waals surface area contributed by atoms with Crippen LogP contribution in [0, 0.1) is 20.8 Å². The number of methoxy groups -OCH3 is 1. The highest BCUT2D eigenvalue weighted by molar-refractivity contribution is 6.06. The first-order valence-corrected chi connectivity index (χ1v) is 9.86. The van der Waals surface area contributed by atoms with Gasteiger partial charge in [-0.05, 0) is 61.5 Å². The van der Waals surface area contributed by atoms with E-state index in [-0.39, 0.29) is 12.5 Å². The molecule has 0 aliphatic carbocycles. The van der Waals surface area contributed by atoms with E-state index in [1.807, 2.05) is 19.9 Å². The second-order valence-corrected chi connectivity index (χ2v) is 7.07. The third-order valence-corrected chi connectivity index (χ3v) is 4.98. The first-order valence-electron chi connectivity index (χ1n) is 9.86. The summed E-state index contributed by atoms with van der Waals surface area (Å²) in [7, 11) is 1.56. The Bertz CT molecular complexity index is 1240. The van der Waals surface area contributed by atoms with Crippen LogP contribution < -0.4 is 14.8 Å². The van der Waals surface area contributed by atoms with Gasteiger partial charge in [0.1, 0.15) is 29.6 Å². The van der Waals surface area contributed by atoms with Crippen molar-refractivity contribution in [1.82, 2.24) is 25.4 Å². The van der Waals surface area contributed by atoms with E-state index in [2.05, 4.69) is 26.0 Å². The van der Waals surface area contributed by atoms with E-state index in [1.165, 1.54) is 4.68 Å². The molecular formula is C22H22N6O4. The minimum absolute atomic E-state index is 0.247. The number of carbonyl (C=O) groups is 1. The molecule has 2 aromatic carbocycles. The number of anilines is 1. The van der Waals surface area contributed by atoms with Crippen LogP contribution in [0.25, 0.3) is 5.69 Å². The maximum absolute atomic E-state index is 13.0. The van der Waals surface area contributed by atoms with Crippen LogP contribution in [0.2, 0.25) is 0 Å². The van der Waals surface area contributed by atoms with Gasteiger partial charge in [0.25, 0.3) is 5.91 Å². The maximum Gasteiger partial charge on any atom is 0.259 e. The van der Waals surface area contributed by atoms with Crippen molar-refractivity contribution in [3.8, 4) is 17.2 Å². The van der Waals surface area contributed by atoms with Crippen molar-refractivity contribution in [1.29, 1.82) is 0 Å². The second-order valence-electron chi connectivity index (χ2n) is 7.07. The van der Waals surface area contributed by atoms with Crippen LogP contribution in [0.15, 0.2) is 47.0 Å². The Morgan fingerprint density at radius 2 is 1.94 bits per heavy atom. The van der Waals surface area contributed by atoms with Crippen LogP contribution in [-0.4, -0.2) is 38.4 Å². The second kappa shape index (κ2) is 8.88. The molecule has 4 rings (SSSR count). The number of amides is 1. The highest BCUT2D eigenvalue weighted by Gasteiger charge is 2.17. The number of nitrogens with one attached hydrogen (secondary N) is 1. The Hall–Kier alpha value is -4.21. The molecule has 0 aliphatic heterocycles. The molecule has 32 heavy (non-hydrogen) atoms. The van der Waals surface area contributed by atoms with Crippen molar-refractivity contribution >= 4 is 11.6 Å². The highest BCUT2D eigenvalue weighted by atomic mass is 16.5. The lowest BCUT2D eigenvalue weighted by Gasteiger charge is -2.14.